The van der Waals surface area contributed by atoms with Gasteiger partial charge in [-0.15, -0.1) is 12.4 Å². The fourth-order valence-corrected chi connectivity index (χ4v) is 3.62. The Morgan fingerprint density at radius 2 is 1.81 bits per heavy atom. The lowest BCUT2D eigenvalue weighted by Crippen LogP contribution is -2.51. The molecule has 0 spiro atoms. The fraction of sp³-hybridized carbons (Fsp3) is 0.381. The summed E-state index contributed by atoms with van der Waals surface area (Å²) >= 11 is 6.31. The van der Waals surface area contributed by atoms with E-state index in [2.05, 4.69) is 0 Å². The Kier molecular flexibility index (Phi) is 7.68. The van der Waals surface area contributed by atoms with Crippen LogP contribution in [0, 0.1) is 5.92 Å². The molecule has 0 bridgehead atoms. The topological polar surface area (TPSA) is 55.6 Å². The van der Waals surface area contributed by atoms with E-state index in [1.54, 1.807) is 0 Å². The number of morpholine rings is 1. The van der Waals surface area contributed by atoms with Crippen molar-refractivity contribution < 1.29 is 9.53 Å². The Labute approximate surface area is 172 Å². The largest absolute Gasteiger partial charge is 0.369 e. The van der Waals surface area contributed by atoms with Crippen LogP contribution in [0.15, 0.2) is 54.6 Å². The third kappa shape index (κ3) is 4.82. The molecule has 27 heavy (non-hydrogen) atoms. The number of nitrogens with two attached hydrogens (primary N) is 1. The lowest BCUT2D eigenvalue weighted by molar-refractivity contribution is -0.149. The molecule has 1 fully saturated rings. The van der Waals surface area contributed by atoms with Crippen molar-refractivity contribution in [3.05, 3.63) is 70.7 Å². The minimum absolute atomic E-state index is 0. The van der Waals surface area contributed by atoms with Crippen molar-refractivity contribution in [1.82, 2.24) is 4.90 Å². The number of benzene rings is 2. The van der Waals surface area contributed by atoms with Crippen LogP contribution in [0.4, 0.5) is 0 Å². The van der Waals surface area contributed by atoms with Crippen LogP contribution < -0.4 is 5.73 Å². The number of amides is 1. The zero-order valence-electron chi connectivity index (χ0n) is 15.5. The van der Waals surface area contributed by atoms with Crippen molar-refractivity contribution >= 4 is 29.9 Å². The van der Waals surface area contributed by atoms with Crippen molar-refractivity contribution in [3.8, 4) is 0 Å². The Morgan fingerprint density at radius 3 is 2.48 bits per heavy atom. The first-order chi connectivity index (χ1) is 12.5. The molecular formula is C21H26Cl2N2O2. The number of carbonyl (C=O) groups excluding carboxylic acids is 1. The summed E-state index contributed by atoms with van der Waals surface area (Å²) in [7, 11) is 0. The standard InChI is InChI=1S/C21H25ClN2O2.ClH/c1-14-13-26-19(17-10-6-7-11-18(17)22)12-24(14)21(25)15(2)20(23)16-8-4-3-5-9-16;/h3-11,14-15,19-20H,12-13,23H2,1-2H3;1H. The maximum Gasteiger partial charge on any atom is 0.227 e. The van der Waals surface area contributed by atoms with E-state index in [9.17, 15) is 4.79 Å². The summed E-state index contributed by atoms with van der Waals surface area (Å²) in [5, 5.41) is 0.661. The Hall–Kier alpha value is -1.59. The molecular weight excluding hydrogens is 383 g/mol. The highest BCUT2D eigenvalue weighted by molar-refractivity contribution is 6.31. The minimum atomic E-state index is -0.336. The summed E-state index contributed by atoms with van der Waals surface area (Å²) < 4.78 is 5.95. The highest BCUT2D eigenvalue weighted by Gasteiger charge is 2.35. The molecule has 0 aromatic heterocycles. The number of ether oxygens (including phenoxy) is 1. The molecule has 1 amide bonds. The van der Waals surface area contributed by atoms with E-state index in [-0.39, 0.29) is 42.4 Å². The van der Waals surface area contributed by atoms with Gasteiger partial charge in [0.25, 0.3) is 0 Å². The number of hydrogen-bond acceptors (Lipinski definition) is 3. The molecule has 0 aliphatic carbocycles. The summed E-state index contributed by atoms with van der Waals surface area (Å²) in [6.45, 7) is 4.86. The van der Waals surface area contributed by atoms with E-state index in [4.69, 9.17) is 22.1 Å². The average Bonchev–Trinajstić information content (AvgIpc) is 2.68. The van der Waals surface area contributed by atoms with Crippen LogP contribution in [0.2, 0.25) is 5.02 Å². The number of nitrogens with zero attached hydrogens (tertiary/aromatic N) is 1. The Bertz CT molecular complexity index is 757. The number of carbonyl (C=O) groups is 1. The summed E-state index contributed by atoms with van der Waals surface area (Å²) in [6.07, 6.45) is -0.219. The van der Waals surface area contributed by atoms with Crippen molar-refractivity contribution in [2.45, 2.75) is 32.0 Å². The van der Waals surface area contributed by atoms with Gasteiger partial charge in [0.1, 0.15) is 6.10 Å². The van der Waals surface area contributed by atoms with Crippen LogP contribution in [0.3, 0.4) is 0 Å². The van der Waals surface area contributed by atoms with Crippen LogP contribution in [0.5, 0.6) is 0 Å². The summed E-state index contributed by atoms with van der Waals surface area (Å²) in [6, 6.07) is 17.0. The lowest BCUT2D eigenvalue weighted by atomic mass is 9.93. The molecule has 4 unspecified atom stereocenters. The fourth-order valence-electron chi connectivity index (χ4n) is 3.37. The number of halogens is 2. The molecule has 6 heteroatoms. The van der Waals surface area contributed by atoms with Gasteiger partial charge in [-0.2, -0.15) is 0 Å². The first-order valence-corrected chi connectivity index (χ1v) is 9.34. The van der Waals surface area contributed by atoms with Gasteiger partial charge < -0.3 is 15.4 Å². The molecule has 2 aromatic rings. The molecule has 1 saturated heterocycles. The molecule has 2 aromatic carbocycles. The first-order valence-electron chi connectivity index (χ1n) is 8.96. The van der Waals surface area contributed by atoms with Gasteiger partial charge in [-0.25, -0.2) is 0 Å². The summed E-state index contributed by atoms with van der Waals surface area (Å²) in [4.78, 5) is 15.0. The van der Waals surface area contributed by atoms with Crippen LogP contribution in [0.1, 0.15) is 37.1 Å². The second-order valence-corrected chi connectivity index (χ2v) is 7.32. The SMILES string of the molecule is CC(C(=O)N1CC(c2ccccc2Cl)OCC1C)C(N)c1ccccc1.Cl. The van der Waals surface area contributed by atoms with E-state index in [0.717, 1.165) is 11.1 Å². The maximum absolute atomic E-state index is 13.1. The lowest BCUT2D eigenvalue weighted by Gasteiger charge is -2.40. The van der Waals surface area contributed by atoms with Gasteiger partial charge in [0.15, 0.2) is 0 Å². The van der Waals surface area contributed by atoms with Gasteiger partial charge in [0.05, 0.1) is 25.1 Å². The third-order valence-corrected chi connectivity index (χ3v) is 5.43. The second-order valence-electron chi connectivity index (χ2n) is 6.91. The van der Waals surface area contributed by atoms with Crippen LogP contribution in [-0.2, 0) is 9.53 Å². The molecule has 146 valence electrons. The van der Waals surface area contributed by atoms with Gasteiger partial charge in [-0.05, 0) is 18.6 Å². The second kappa shape index (κ2) is 9.56. The molecule has 0 radical (unpaired) electrons. The van der Waals surface area contributed by atoms with Gasteiger partial charge in [0, 0.05) is 16.6 Å². The van der Waals surface area contributed by atoms with Crippen LogP contribution >= 0.6 is 24.0 Å². The van der Waals surface area contributed by atoms with E-state index < -0.39 is 0 Å². The molecule has 1 heterocycles. The molecule has 4 nitrogen and oxygen atoms in total. The molecule has 2 N–H and O–H groups in total. The predicted octanol–water partition coefficient (Wildman–Crippen LogP) is 4.39. The van der Waals surface area contributed by atoms with Gasteiger partial charge in [0.2, 0.25) is 5.91 Å². The molecule has 4 atom stereocenters. The van der Waals surface area contributed by atoms with Crippen molar-refractivity contribution in [2.75, 3.05) is 13.2 Å². The smallest absolute Gasteiger partial charge is 0.227 e. The molecule has 3 rings (SSSR count). The number of hydrogen-bond donors (Lipinski definition) is 1. The van der Waals surface area contributed by atoms with Crippen molar-refractivity contribution in [2.24, 2.45) is 11.7 Å². The average molecular weight is 409 g/mol. The maximum atomic E-state index is 13.1. The Balaban J connectivity index is 0.00000261. The third-order valence-electron chi connectivity index (χ3n) is 5.08. The zero-order valence-corrected chi connectivity index (χ0v) is 17.1. The summed E-state index contributed by atoms with van der Waals surface area (Å²) in [5.74, 6) is -0.265. The monoisotopic (exact) mass is 408 g/mol. The normalized spacial score (nSPS) is 21.9. The Morgan fingerprint density at radius 1 is 1.19 bits per heavy atom. The van der Waals surface area contributed by atoms with Gasteiger partial charge >= 0.3 is 0 Å². The summed E-state index contributed by atoms with van der Waals surface area (Å²) in [5.41, 5.74) is 8.25. The molecule has 0 saturated carbocycles. The van der Waals surface area contributed by atoms with Gasteiger partial charge in [-0.1, -0.05) is 67.1 Å². The van der Waals surface area contributed by atoms with Gasteiger partial charge in [-0.3, -0.25) is 4.79 Å². The molecule has 1 aliphatic heterocycles. The van der Waals surface area contributed by atoms with Crippen LogP contribution in [0.25, 0.3) is 0 Å². The quantitative estimate of drug-likeness (QED) is 0.815. The van der Waals surface area contributed by atoms with E-state index >= 15 is 0 Å². The van der Waals surface area contributed by atoms with E-state index in [0.29, 0.717) is 18.2 Å². The number of rotatable bonds is 4. The van der Waals surface area contributed by atoms with Crippen molar-refractivity contribution in [1.29, 1.82) is 0 Å². The highest BCUT2D eigenvalue weighted by Crippen LogP contribution is 2.31. The minimum Gasteiger partial charge on any atom is -0.369 e. The highest BCUT2D eigenvalue weighted by atomic mass is 35.5. The first kappa shape index (κ1) is 21.7. The van der Waals surface area contributed by atoms with Crippen LogP contribution in [-0.4, -0.2) is 30.0 Å². The van der Waals surface area contributed by atoms with Crippen molar-refractivity contribution in [3.63, 3.8) is 0 Å². The van der Waals surface area contributed by atoms with E-state index in [1.807, 2.05) is 73.3 Å². The zero-order chi connectivity index (χ0) is 18.7. The predicted molar refractivity (Wildman–Crippen MR) is 111 cm³/mol. The molecule has 1 aliphatic rings. The van der Waals surface area contributed by atoms with E-state index in [1.165, 1.54) is 0 Å².